The van der Waals surface area contributed by atoms with Crippen molar-refractivity contribution in [1.82, 2.24) is 4.90 Å². The van der Waals surface area contributed by atoms with Crippen LogP contribution in [0.3, 0.4) is 0 Å². The van der Waals surface area contributed by atoms with E-state index in [0.717, 1.165) is 29.0 Å². The Hall–Kier alpha value is -3.22. The van der Waals surface area contributed by atoms with Crippen LogP contribution in [-0.2, 0) is 0 Å². The molecular weight excluding hydrogens is 342 g/mol. The van der Waals surface area contributed by atoms with Crippen molar-refractivity contribution in [3.8, 4) is 11.5 Å². The third kappa shape index (κ3) is 4.49. The van der Waals surface area contributed by atoms with Gasteiger partial charge in [0.2, 0.25) is 11.9 Å². The van der Waals surface area contributed by atoms with E-state index in [1.807, 2.05) is 60.4 Å². The zero-order valence-corrected chi connectivity index (χ0v) is 15.6. The van der Waals surface area contributed by atoms with Gasteiger partial charge >= 0.3 is 0 Å². The number of aryl methyl sites for hydroxylation is 1. The van der Waals surface area contributed by atoms with Crippen molar-refractivity contribution < 1.29 is 9.47 Å². The van der Waals surface area contributed by atoms with Gasteiger partial charge in [0.1, 0.15) is 0 Å². The first kappa shape index (κ1) is 18.6. The van der Waals surface area contributed by atoms with Crippen LogP contribution < -0.4 is 20.9 Å². The summed E-state index contributed by atoms with van der Waals surface area (Å²) in [5.41, 5.74) is 14.1. The Morgan fingerprint density at radius 1 is 1.07 bits per heavy atom. The highest BCUT2D eigenvalue weighted by atomic mass is 16.5. The highest BCUT2D eigenvalue weighted by Gasteiger charge is 2.25. The number of methoxy groups -OCH3 is 1. The molecule has 4 N–H and O–H groups in total. The molecule has 0 amide bonds. The lowest BCUT2D eigenvalue weighted by atomic mass is 10.1. The van der Waals surface area contributed by atoms with Crippen molar-refractivity contribution in [1.29, 1.82) is 0 Å². The molecule has 1 aliphatic heterocycles. The molecule has 1 heterocycles. The van der Waals surface area contributed by atoms with Gasteiger partial charge in [0.15, 0.2) is 17.7 Å². The van der Waals surface area contributed by atoms with E-state index in [1.54, 1.807) is 7.11 Å². The van der Waals surface area contributed by atoms with Crippen LogP contribution in [0.1, 0.15) is 23.7 Å². The van der Waals surface area contributed by atoms with Crippen molar-refractivity contribution in [3.05, 3.63) is 59.7 Å². The molecule has 0 bridgehead atoms. The lowest BCUT2D eigenvalue weighted by Crippen LogP contribution is -2.44. The van der Waals surface area contributed by atoms with Crippen molar-refractivity contribution in [2.24, 2.45) is 21.5 Å². The molecule has 1 aliphatic rings. The van der Waals surface area contributed by atoms with E-state index in [4.69, 9.17) is 20.9 Å². The van der Waals surface area contributed by atoms with Gasteiger partial charge in [0.25, 0.3) is 0 Å². The number of benzene rings is 2. The zero-order valence-electron chi connectivity index (χ0n) is 15.6. The van der Waals surface area contributed by atoms with Gasteiger partial charge in [-0.15, -0.1) is 0 Å². The summed E-state index contributed by atoms with van der Waals surface area (Å²) in [6.07, 6.45) is 0.462. The summed E-state index contributed by atoms with van der Waals surface area (Å²) >= 11 is 0. The predicted octanol–water partition coefficient (Wildman–Crippen LogP) is 2.42. The van der Waals surface area contributed by atoms with E-state index in [2.05, 4.69) is 9.98 Å². The Morgan fingerprint density at radius 2 is 1.85 bits per heavy atom. The van der Waals surface area contributed by atoms with Crippen LogP contribution in [0.2, 0.25) is 0 Å². The van der Waals surface area contributed by atoms with Gasteiger partial charge < -0.3 is 25.8 Å². The number of hydrogen-bond donors (Lipinski definition) is 2. The SMILES string of the molecule is COc1cc(C)ccc1OCCCN1C(N)=NC(N)=NC1c1ccccc1. The predicted molar refractivity (Wildman–Crippen MR) is 107 cm³/mol. The van der Waals surface area contributed by atoms with E-state index >= 15 is 0 Å². The van der Waals surface area contributed by atoms with E-state index in [1.165, 1.54) is 0 Å². The Balaban J connectivity index is 1.63. The van der Waals surface area contributed by atoms with Gasteiger partial charge in [-0.3, -0.25) is 0 Å². The highest BCUT2D eigenvalue weighted by Crippen LogP contribution is 2.28. The van der Waals surface area contributed by atoms with Crippen LogP contribution >= 0.6 is 0 Å². The monoisotopic (exact) mass is 367 g/mol. The molecule has 1 atom stereocenters. The number of rotatable bonds is 7. The van der Waals surface area contributed by atoms with Crippen molar-refractivity contribution in [2.45, 2.75) is 19.5 Å². The maximum atomic E-state index is 6.11. The van der Waals surface area contributed by atoms with Crippen LogP contribution in [0.4, 0.5) is 0 Å². The molecule has 2 aromatic rings. The molecule has 0 aliphatic carbocycles. The third-order valence-electron chi connectivity index (χ3n) is 4.29. The quantitative estimate of drug-likeness (QED) is 0.732. The highest BCUT2D eigenvalue weighted by molar-refractivity contribution is 5.95. The van der Waals surface area contributed by atoms with Gasteiger partial charge in [-0.2, -0.15) is 4.99 Å². The second kappa shape index (κ2) is 8.44. The Bertz CT molecular complexity index is 836. The Kier molecular flexibility index (Phi) is 5.80. The van der Waals surface area contributed by atoms with Gasteiger partial charge in [0, 0.05) is 6.54 Å². The van der Waals surface area contributed by atoms with Crippen LogP contribution in [0, 0.1) is 6.92 Å². The molecule has 7 nitrogen and oxygen atoms in total. The average Bonchev–Trinajstić information content (AvgIpc) is 2.67. The van der Waals surface area contributed by atoms with Crippen molar-refractivity contribution >= 4 is 11.9 Å². The molecule has 2 aromatic carbocycles. The summed E-state index contributed by atoms with van der Waals surface area (Å²) in [5, 5.41) is 0. The standard InChI is InChI=1S/C20H25N5O2/c1-14-9-10-16(17(13-14)26-2)27-12-6-11-25-18(15-7-4-3-5-8-15)23-19(21)24-20(25)22/h3-5,7-10,13,18H,6,11-12H2,1-2H3,(H4,21,22,23,24). The fourth-order valence-electron chi connectivity index (χ4n) is 2.96. The Morgan fingerprint density at radius 3 is 2.59 bits per heavy atom. The van der Waals surface area contributed by atoms with Crippen molar-refractivity contribution in [2.75, 3.05) is 20.3 Å². The third-order valence-corrected chi connectivity index (χ3v) is 4.29. The minimum absolute atomic E-state index is 0.193. The lowest BCUT2D eigenvalue weighted by Gasteiger charge is -2.32. The summed E-state index contributed by atoms with van der Waals surface area (Å²) in [7, 11) is 1.64. The van der Waals surface area contributed by atoms with E-state index in [9.17, 15) is 0 Å². The molecule has 0 saturated carbocycles. The smallest absolute Gasteiger partial charge is 0.220 e. The molecule has 0 fully saturated rings. The molecule has 27 heavy (non-hydrogen) atoms. The lowest BCUT2D eigenvalue weighted by molar-refractivity contribution is 0.250. The topological polar surface area (TPSA) is 98.5 Å². The number of nitrogens with zero attached hydrogens (tertiary/aromatic N) is 3. The second-order valence-corrected chi connectivity index (χ2v) is 6.29. The fourth-order valence-corrected chi connectivity index (χ4v) is 2.96. The maximum Gasteiger partial charge on any atom is 0.220 e. The zero-order chi connectivity index (χ0) is 19.2. The average molecular weight is 367 g/mol. The number of nitrogens with two attached hydrogens (primary N) is 2. The van der Waals surface area contributed by atoms with Crippen molar-refractivity contribution in [3.63, 3.8) is 0 Å². The summed E-state index contributed by atoms with van der Waals surface area (Å²) in [6, 6.07) is 15.8. The molecule has 0 radical (unpaired) electrons. The fraction of sp³-hybridized carbons (Fsp3) is 0.300. The van der Waals surface area contributed by atoms with Gasteiger partial charge in [-0.1, -0.05) is 36.4 Å². The minimum atomic E-state index is -0.280. The molecule has 0 aromatic heterocycles. The normalized spacial score (nSPS) is 16.5. The van der Waals surface area contributed by atoms with E-state index in [0.29, 0.717) is 19.1 Å². The first-order chi connectivity index (χ1) is 13.1. The minimum Gasteiger partial charge on any atom is -0.493 e. The summed E-state index contributed by atoms with van der Waals surface area (Å²) in [5.74, 6) is 2.02. The number of hydrogen-bond acceptors (Lipinski definition) is 7. The van der Waals surface area contributed by atoms with E-state index < -0.39 is 0 Å². The number of ether oxygens (including phenoxy) is 2. The summed E-state index contributed by atoms with van der Waals surface area (Å²) in [6.45, 7) is 3.17. The Labute approximate surface area is 159 Å². The summed E-state index contributed by atoms with van der Waals surface area (Å²) in [4.78, 5) is 10.5. The maximum absolute atomic E-state index is 6.11. The molecule has 0 saturated heterocycles. The first-order valence-corrected chi connectivity index (χ1v) is 8.85. The number of aliphatic imine (C=N–C) groups is 2. The van der Waals surface area contributed by atoms with Gasteiger partial charge in [0.05, 0.1) is 13.7 Å². The van der Waals surface area contributed by atoms with Crippen LogP contribution in [-0.4, -0.2) is 37.1 Å². The molecule has 0 spiro atoms. The molecule has 3 rings (SSSR count). The molecule has 1 unspecified atom stereocenters. The largest absolute Gasteiger partial charge is 0.493 e. The molecule has 7 heteroatoms. The summed E-state index contributed by atoms with van der Waals surface area (Å²) < 4.78 is 11.2. The first-order valence-electron chi connectivity index (χ1n) is 8.85. The number of guanidine groups is 2. The van der Waals surface area contributed by atoms with Gasteiger partial charge in [-0.25, -0.2) is 4.99 Å². The second-order valence-electron chi connectivity index (χ2n) is 6.29. The van der Waals surface area contributed by atoms with Crippen LogP contribution in [0.25, 0.3) is 0 Å². The molecular formula is C20H25N5O2. The molecule has 142 valence electrons. The van der Waals surface area contributed by atoms with Crippen LogP contribution in [0.15, 0.2) is 58.5 Å². The van der Waals surface area contributed by atoms with E-state index in [-0.39, 0.29) is 12.1 Å². The van der Waals surface area contributed by atoms with Gasteiger partial charge in [-0.05, 0) is 36.6 Å². The van der Waals surface area contributed by atoms with Crippen LogP contribution in [0.5, 0.6) is 11.5 Å².